The summed E-state index contributed by atoms with van der Waals surface area (Å²) in [5.41, 5.74) is 2.56. The second-order valence-electron chi connectivity index (χ2n) is 7.43. The van der Waals surface area contributed by atoms with Crippen LogP contribution in [-0.2, 0) is 0 Å². The second kappa shape index (κ2) is 7.72. The van der Waals surface area contributed by atoms with Gasteiger partial charge in [-0.2, -0.15) is 0 Å². The second-order valence-corrected chi connectivity index (χ2v) is 7.43. The van der Waals surface area contributed by atoms with Crippen LogP contribution in [0, 0.1) is 5.82 Å². The van der Waals surface area contributed by atoms with Crippen molar-refractivity contribution in [3.05, 3.63) is 101 Å². The van der Waals surface area contributed by atoms with Gasteiger partial charge < -0.3 is 10.3 Å². The van der Waals surface area contributed by atoms with Gasteiger partial charge in [-0.15, -0.1) is 0 Å². The van der Waals surface area contributed by atoms with Crippen LogP contribution in [-0.4, -0.2) is 14.5 Å². The van der Waals surface area contributed by atoms with E-state index in [0.717, 1.165) is 16.6 Å². The molecule has 2 heterocycles. The van der Waals surface area contributed by atoms with Gasteiger partial charge in [-0.3, -0.25) is 9.36 Å². The van der Waals surface area contributed by atoms with Crippen LogP contribution in [0.5, 0.6) is 0 Å². The molecule has 2 N–H and O–H groups in total. The highest BCUT2D eigenvalue weighted by molar-refractivity contribution is 5.92. The Balaban J connectivity index is 1.74. The standard InChI is InChI=1S/C25H21FN4O/c1-2-19(28-21-12-7-11-20-17(21)14-15-27-20)24-29-22-13-6-10-18(26)23(22)25(31)30(24)16-8-4-3-5-9-16/h3-15,19,27-28H,2H2,1H3/t19-/m0/s1. The molecule has 0 bridgehead atoms. The average Bonchev–Trinajstić information content (AvgIpc) is 3.27. The molecule has 31 heavy (non-hydrogen) atoms. The molecule has 0 aliphatic carbocycles. The third kappa shape index (κ3) is 3.26. The van der Waals surface area contributed by atoms with Gasteiger partial charge in [0.2, 0.25) is 0 Å². The number of aromatic nitrogens is 3. The molecule has 6 heteroatoms. The van der Waals surface area contributed by atoms with Gasteiger partial charge in [-0.05, 0) is 48.9 Å². The normalized spacial score (nSPS) is 12.3. The highest BCUT2D eigenvalue weighted by Crippen LogP contribution is 2.29. The molecule has 2 aromatic heterocycles. The van der Waals surface area contributed by atoms with Gasteiger partial charge in [-0.25, -0.2) is 9.37 Å². The van der Waals surface area contributed by atoms with E-state index in [-0.39, 0.29) is 11.4 Å². The minimum atomic E-state index is -0.565. The van der Waals surface area contributed by atoms with Gasteiger partial charge in [0.05, 0.1) is 17.2 Å². The molecule has 0 aliphatic rings. The van der Waals surface area contributed by atoms with Gasteiger partial charge in [-0.1, -0.05) is 37.3 Å². The van der Waals surface area contributed by atoms with E-state index < -0.39 is 11.4 Å². The Morgan fingerprint density at radius 3 is 2.65 bits per heavy atom. The highest BCUT2D eigenvalue weighted by Gasteiger charge is 2.22. The monoisotopic (exact) mass is 412 g/mol. The number of nitrogens with one attached hydrogen (secondary N) is 2. The van der Waals surface area contributed by atoms with Crippen LogP contribution >= 0.6 is 0 Å². The Labute approximate surface area is 178 Å². The van der Waals surface area contributed by atoms with E-state index in [1.54, 1.807) is 12.1 Å². The summed E-state index contributed by atoms with van der Waals surface area (Å²) in [6.45, 7) is 2.03. The largest absolute Gasteiger partial charge is 0.375 e. The molecule has 5 aromatic rings. The maximum absolute atomic E-state index is 14.6. The first kappa shape index (κ1) is 19.1. The fourth-order valence-electron chi connectivity index (χ4n) is 4.02. The first-order valence-corrected chi connectivity index (χ1v) is 10.3. The average molecular weight is 412 g/mol. The van der Waals surface area contributed by atoms with Crippen LogP contribution in [0.3, 0.4) is 0 Å². The van der Waals surface area contributed by atoms with E-state index in [0.29, 0.717) is 23.4 Å². The summed E-state index contributed by atoms with van der Waals surface area (Å²) in [4.78, 5) is 21.4. The Morgan fingerprint density at radius 1 is 1.03 bits per heavy atom. The summed E-state index contributed by atoms with van der Waals surface area (Å²) in [5.74, 6) is -0.0198. The molecule has 3 aromatic carbocycles. The number of benzene rings is 3. The van der Waals surface area contributed by atoms with E-state index >= 15 is 0 Å². The summed E-state index contributed by atoms with van der Waals surface area (Å²) in [6.07, 6.45) is 2.58. The van der Waals surface area contributed by atoms with Gasteiger partial charge in [0, 0.05) is 22.8 Å². The van der Waals surface area contributed by atoms with Crippen molar-refractivity contribution in [2.75, 3.05) is 5.32 Å². The number of aromatic amines is 1. The molecule has 0 saturated heterocycles. The van der Waals surface area contributed by atoms with Gasteiger partial charge in [0.15, 0.2) is 0 Å². The molecule has 0 spiro atoms. The minimum absolute atomic E-state index is 0.00214. The molecule has 5 nitrogen and oxygen atoms in total. The van der Waals surface area contributed by atoms with Crippen molar-refractivity contribution in [1.82, 2.24) is 14.5 Å². The summed E-state index contributed by atoms with van der Waals surface area (Å²) < 4.78 is 16.1. The Bertz CT molecular complexity index is 1440. The number of para-hydroxylation sites is 1. The van der Waals surface area contributed by atoms with Crippen LogP contribution in [0.1, 0.15) is 25.2 Å². The molecule has 0 unspecified atom stereocenters. The smallest absolute Gasteiger partial charge is 0.269 e. The Morgan fingerprint density at radius 2 is 1.84 bits per heavy atom. The lowest BCUT2D eigenvalue weighted by Crippen LogP contribution is -2.28. The van der Waals surface area contributed by atoms with Crippen molar-refractivity contribution in [1.29, 1.82) is 0 Å². The first-order valence-electron chi connectivity index (χ1n) is 10.3. The summed E-state index contributed by atoms with van der Waals surface area (Å²) >= 11 is 0. The predicted octanol–water partition coefficient (Wildman–Crippen LogP) is 5.57. The van der Waals surface area contributed by atoms with E-state index in [4.69, 9.17) is 4.98 Å². The summed E-state index contributed by atoms with van der Waals surface area (Å²) in [7, 11) is 0. The molecule has 5 rings (SSSR count). The third-order valence-corrected chi connectivity index (χ3v) is 5.53. The molecule has 0 fully saturated rings. The predicted molar refractivity (Wildman–Crippen MR) is 122 cm³/mol. The van der Waals surface area contributed by atoms with Gasteiger partial charge in [0.25, 0.3) is 5.56 Å². The van der Waals surface area contributed by atoms with Crippen molar-refractivity contribution in [2.24, 2.45) is 0 Å². The Hall–Kier alpha value is -3.93. The maximum atomic E-state index is 14.6. The lowest BCUT2D eigenvalue weighted by atomic mass is 10.1. The van der Waals surface area contributed by atoms with Crippen LogP contribution in [0.2, 0.25) is 0 Å². The lowest BCUT2D eigenvalue weighted by Gasteiger charge is -2.23. The van der Waals surface area contributed by atoms with Crippen LogP contribution in [0.4, 0.5) is 10.1 Å². The van der Waals surface area contributed by atoms with Gasteiger partial charge in [0.1, 0.15) is 17.0 Å². The van der Waals surface area contributed by atoms with Crippen LogP contribution in [0.25, 0.3) is 27.5 Å². The quantitative estimate of drug-likeness (QED) is 0.397. The number of nitrogens with zero attached hydrogens (tertiary/aromatic N) is 2. The number of halogens is 1. The van der Waals surface area contributed by atoms with Crippen molar-refractivity contribution in [2.45, 2.75) is 19.4 Å². The van der Waals surface area contributed by atoms with E-state index in [1.807, 2.05) is 67.7 Å². The molecular formula is C25H21FN4O. The summed E-state index contributed by atoms with van der Waals surface area (Å²) in [6, 6.07) is 21.5. The fourth-order valence-corrected chi connectivity index (χ4v) is 4.02. The summed E-state index contributed by atoms with van der Waals surface area (Å²) in [5, 5.41) is 4.61. The fraction of sp³-hybridized carbons (Fsp3) is 0.120. The molecule has 0 radical (unpaired) electrons. The van der Waals surface area contributed by atoms with Crippen LogP contribution in [0.15, 0.2) is 83.8 Å². The van der Waals surface area contributed by atoms with Crippen molar-refractivity contribution >= 4 is 27.5 Å². The topological polar surface area (TPSA) is 62.7 Å². The molecular weight excluding hydrogens is 391 g/mol. The number of anilines is 1. The first-order chi connectivity index (χ1) is 15.2. The SMILES string of the molecule is CC[C@H](Nc1cccc2[nH]ccc12)c1nc2cccc(F)c2c(=O)n1-c1ccccc1. The molecule has 0 saturated carbocycles. The number of hydrogen-bond donors (Lipinski definition) is 2. The molecule has 154 valence electrons. The zero-order valence-electron chi connectivity index (χ0n) is 17.0. The van der Waals surface area contributed by atoms with Crippen molar-refractivity contribution in [3.8, 4) is 5.69 Å². The lowest BCUT2D eigenvalue weighted by molar-refractivity contribution is 0.630. The number of fused-ring (bicyclic) bond motifs is 2. The zero-order chi connectivity index (χ0) is 21.4. The molecule has 1 atom stereocenters. The number of rotatable bonds is 5. The van der Waals surface area contributed by atoms with E-state index in [9.17, 15) is 9.18 Å². The Kier molecular flexibility index (Phi) is 4.75. The van der Waals surface area contributed by atoms with E-state index in [2.05, 4.69) is 10.3 Å². The van der Waals surface area contributed by atoms with Crippen molar-refractivity contribution in [3.63, 3.8) is 0 Å². The third-order valence-electron chi connectivity index (χ3n) is 5.53. The molecule has 0 aliphatic heterocycles. The van der Waals surface area contributed by atoms with E-state index in [1.165, 1.54) is 10.6 Å². The minimum Gasteiger partial charge on any atom is -0.375 e. The van der Waals surface area contributed by atoms with Gasteiger partial charge >= 0.3 is 0 Å². The zero-order valence-corrected chi connectivity index (χ0v) is 17.0. The number of hydrogen-bond acceptors (Lipinski definition) is 3. The van der Waals surface area contributed by atoms with Crippen molar-refractivity contribution < 1.29 is 4.39 Å². The van der Waals surface area contributed by atoms with Crippen LogP contribution < -0.4 is 10.9 Å². The highest BCUT2D eigenvalue weighted by atomic mass is 19.1. The molecule has 0 amide bonds. The maximum Gasteiger partial charge on any atom is 0.269 e. The number of H-pyrrole nitrogens is 1.